The molecular formula is C17H18F3N3O5S. The maximum atomic E-state index is 12.9. The van der Waals surface area contributed by atoms with Crippen LogP contribution in [0.15, 0.2) is 23.3 Å². The van der Waals surface area contributed by atoms with E-state index in [2.05, 4.69) is 5.32 Å². The SMILES string of the molecule is CC(C(=O)NC1C(=O)N2[C@@H]1SC(C)(C)[C@@H]2C(=O)O)n1ccc(=O)c(C(F)(F)F)c1. The molecule has 0 saturated carbocycles. The molecule has 0 aromatic carbocycles. The highest BCUT2D eigenvalue weighted by molar-refractivity contribution is 8.01. The van der Waals surface area contributed by atoms with Crippen LogP contribution < -0.4 is 10.7 Å². The Morgan fingerprint density at radius 2 is 1.93 bits per heavy atom. The van der Waals surface area contributed by atoms with Crippen LogP contribution in [0.5, 0.6) is 0 Å². The summed E-state index contributed by atoms with van der Waals surface area (Å²) in [6, 6.07) is -2.42. The van der Waals surface area contributed by atoms with Crippen LogP contribution >= 0.6 is 11.8 Å². The van der Waals surface area contributed by atoms with Gasteiger partial charge in [0.05, 0.1) is 0 Å². The van der Waals surface area contributed by atoms with Gasteiger partial charge in [0.2, 0.25) is 11.8 Å². The third-order valence-electron chi connectivity index (χ3n) is 5.05. The molecule has 0 bridgehead atoms. The molecule has 2 aliphatic rings. The van der Waals surface area contributed by atoms with Gasteiger partial charge in [0.1, 0.15) is 29.1 Å². The molecule has 29 heavy (non-hydrogen) atoms. The number of carboxylic acids is 1. The van der Waals surface area contributed by atoms with Crippen LogP contribution in [0, 0.1) is 0 Å². The monoisotopic (exact) mass is 433 g/mol. The van der Waals surface area contributed by atoms with E-state index in [9.17, 15) is 37.5 Å². The molecule has 0 radical (unpaired) electrons. The number of hydrogen-bond acceptors (Lipinski definition) is 5. The van der Waals surface area contributed by atoms with Crippen LogP contribution in [0.2, 0.25) is 0 Å². The number of halogens is 3. The number of nitrogens with zero attached hydrogens (tertiary/aromatic N) is 2. The number of thioether (sulfide) groups is 1. The molecule has 1 aromatic heterocycles. The average molecular weight is 433 g/mol. The molecule has 0 aliphatic carbocycles. The predicted molar refractivity (Wildman–Crippen MR) is 96.1 cm³/mol. The summed E-state index contributed by atoms with van der Waals surface area (Å²) in [5, 5.41) is 11.3. The first kappa shape index (κ1) is 21.2. The number of amides is 2. The standard InChI is InChI=1S/C17H18F3N3O5S/c1-7(22-5-4-9(24)8(6-22)17(18,19)20)12(25)21-10-13(26)23-11(15(27)28)16(2,3)29-14(10)23/h4-7,10-11,14H,1-3H3,(H,21,25)(H,27,28)/t7?,10?,11-,14+/m0/s1. The number of alkyl halides is 3. The van der Waals surface area contributed by atoms with Gasteiger partial charge in [-0.05, 0) is 20.8 Å². The Balaban J connectivity index is 1.76. The van der Waals surface area contributed by atoms with Crippen LogP contribution in [0.4, 0.5) is 13.2 Å². The van der Waals surface area contributed by atoms with E-state index in [1.54, 1.807) is 13.8 Å². The van der Waals surface area contributed by atoms with Gasteiger partial charge >= 0.3 is 12.1 Å². The van der Waals surface area contributed by atoms with E-state index in [-0.39, 0.29) is 0 Å². The van der Waals surface area contributed by atoms with Crippen molar-refractivity contribution in [1.29, 1.82) is 0 Å². The van der Waals surface area contributed by atoms with Crippen molar-refractivity contribution < 1.29 is 32.7 Å². The smallest absolute Gasteiger partial charge is 0.421 e. The summed E-state index contributed by atoms with van der Waals surface area (Å²) in [6.45, 7) is 4.69. The Kier molecular flexibility index (Phi) is 4.96. The normalized spacial score (nSPS) is 26.5. The maximum Gasteiger partial charge on any atom is 0.421 e. The molecule has 2 saturated heterocycles. The maximum absolute atomic E-state index is 12.9. The van der Waals surface area contributed by atoms with Gasteiger partial charge in [-0.25, -0.2) is 4.79 Å². The topological polar surface area (TPSA) is 109 Å². The third kappa shape index (κ3) is 3.49. The Morgan fingerprint density at radius 3 is 2.48 bits per heavy atom. The summed E-state index contributed by atoms with van der Waals surface area (Å²) in [7, 11) is 0. The number of aliphatic carboxylic acids is 1. The molecule has 3 heterocycles. The second-order valence-corrected chi connectivity index (χ2v) is 9.20. The largest absolute Gasteiger partial charge is 0.480 e. The van der Waals surface area contributed by atoms with Gasteiger partial charge < -0.3 is 19.9 Å². The van der Waals surface area contributed by atoms with Crippen molar-refractivity contribution in [3.63, 3.8) is 0 Å². The number of nitrogens with one attached hydrogen (secondary N) is 1. The minimum Gasteiger partial charge on any atom is -0.480 e. The van der Waals surface area contributed by atoms with E-state index in [1.807, 2.05) is 0 Å². The fourth-order valence-corrected chi connectivity index (χ4v) is 5.13. The summed E-state index contributed by atoms with van der Waals surface area (Å²) in [5.41, 5.74) is -2.61. The van der Waals surface area contributed by atoms with Gasteiger partial charge in [0.25, 0.3) is 0 Å². The average Bonchev–Trinajstić information content (AvgIpc) is 2.86. The zero-order chi connectivity index (χ0) is 21.9. The van der Waals surface area contributed by atoms with E-state index < -0.39 is 63.2 Å². The number of hydrogen-bond donors (Lipinski definition) is 2. The quantitative estimate of drug-likeness (QED) is 0.688. The fraction of sp³-hybridized carbons (Fsp3) is 0.529. The van der Waals surface area contributed by atoms with Crippen molar-refractivity contribution >= 4 is 29.5 Å². The lowest BCUT2D eigenvalue weighted by Gasteiger charge is -2.43. The first-order chi connectivity index (χ1) is 13.3. The number of carbonyl (C=O) groups is 3. The number of carbonyl (C=O) groups excluding carboxylic acids is 2. The molecule has 2 aliphatic heterocycles. The van der Waals surface area contributed by atoms with Crippen LogP contribution in [0.1, 0.15) is 32.4 Å². The highest BCUT2D eigenvalue weighted by Gasteiger charge is 2.64. The molecular weight excluding hydrogens is 415 g/mol. The summed E-state index contributed by atoms with van der Waals surface area (Å²) >= 11 is 1.24. The van der Waals surface area contributed by atoms with Crippen molar-refractivity contribution in [3.05, 3.63) is 34.2 Å². The lowest BCUT2D eigenvalue weighted by atomic mass is 9.96. The van der Waals surface area contributed by atoms with Gasteiger partial charge in [0, 0.05) is 23.2 Å². The molecule has 158 valence electrons. The molecule has 8 nitrogen and oxygen atoms in total. The van der Waals surface area contributed by atoms with Crippen molar-refractivity contribution in [3.8, 4) is 0 Å². The van der Waals surface area contributed by atoms with E-state index in [4.69, 9.17) is 0 Å². The second-order valence-electron chi connectivity index (χ2n) is 7.43. The zero-order valence-electron chi connectivity index (χ0n) is 15.6. The van der Waals surface area contributed by atoms with Crippen LogP contribution in [0.25, 0.3) is 0 Å². The van der Waals surface area contributed by atoms with Crippen LogP contribution in [-0.2, 0) is 20.6 Å². The fourth-order valence-electron chi connectivity index (χ4n) is 3.51. The van der Waals surface area contributed by atoms with Gasteiger partial charge in [-0.2, -0.15) is 13.2 Å². The lowest BCUT2D eigenvalue weighted by molar-refractivity contribution is -0.161. The van der Waals surface area contributed by atoms with Gasteiger partial charge in [-0.15, -0.1) is 11.8 Å². The molecule has 1 aromatic rings. The summed E-state index contributed by atoms with van der Waals surface area (Å²) in [6.07, 6.45) is -3.25. The Labute approximate surface area is 167 Å². The number of pyridine rings is 1. The molecule has 4 atom stereocenters. The van der Waals surface area contributed by atoms with Crippen LogP contribution in [0.3, 0.4) is 0 Å². The second kappa shape index (κ2) is 6.78. The highest BCUT2D eigenvalue weighted by atomic mass is 32.2. The van der Waals surface area contributed by atoms with Crippen molar-refractivity contribution in [2.75, 3.05) is 0 Å². The van der Waals surface area contributed by atoms with E-state index >= 15 is 0 Å². The predicted octanol–water partition coefficient (Wildman–Crippen LogP) is 1.06. The van der Waals surface area contributed by atoms with Gasteiger partial charge in [-0.1, -0.05) is 0 Å². The molecule has 3 rings (SSSR count). The molecule has 2 fully saturated rings. The minimum absolute atomic E-state index is 0.551. The van der Waals surface area contributed by atoms with Crippen molar-refractivity contribution in [1.82, 2.24) is 14.8 Å². The zero-order valence-corrected chi connectivity index (χ0v) is 16.4. The number of β-lactam (4-membered cyclic amide) rings is 1. The lowest BCUT2D eigenvalue weighted by Crippen LogP contribution is -2.71. The Bertz CT molecular complexity index is 945. The van der Waals surface area contributed by atoms with Crippen LogP contribution in [-0.4, -0.2) is 54.6 Å². The van der Waals surface area contributed by atoms with E-state index in [1.165, 1.54) is 23.6 Å². The van der Waals surface area contributed by atoms with Gasteiger partial charge in [0.15, 0.2) is 5.43 Å². The Hall–Kier alpha value is -2.50. The van der Waals surface area contributed by atoms with Crippen molar-refractivity contribution in [2.24, 2.45) is 0 Å². The van der Waals surface area contributed by atoms with Crippen molar-refractivity contribution in [2.45, 2.75) is 55.2 Å². The van der Waals surface area contributed by atoms with E-state index in [0.717, 1.165) is 16.8 Å². The number of carboxylic acid groups (broad SMARTS) is 1. The number of aromatic nitrogens is 1. The Morgan fingerprint density at radius 1 is 1.31 bits per heavy atom. The number of fused-ring (bicyclic) bond motifs is 1. The third-order valence-corrected chi connectivity index (χ3v) is 6.62. The number of rotatable bonds is 4. The summed E-state index contributed by atoms with van der Waals surface area (Å²) < 4.78 is 38.9. The summed E-state index contributed by atoms with van der Waals surface area (Å²) in [4.78, 5) is 49.0. The molecule has 2 unspecified atom stereocenters. The summed E-state index contributed by atoms with van der Waals surface area (Å²) in [5.74, 6) is -2.43. The van der Waals surface area contributed by atoms with Gasteiger partial charge in [-0.3, -0.25) is 14.4 Å². The minimum atomic E-state index is -4.86. The van der Waals surface area contributed by atoms with E-state index in [0.29, 0.717) is 6.20 Å². The first-order valence-corrected chi connectivity index (χ1v) is 9.46. The molecule has 0 spiro atoms. The molecule has 12 heteroatoms. The first-order valence-electron chi connectivity index (χ1n) is 8.58. The molecule has 2 N–H and O–H groups in total. The molecule has 2 amide bonds. The highest BCUT2D eigenvalue weighted by Crippen LogP contribution is 2.50.